The van der Waals surface area contributed by atoms with E-state index in [4.69, 9.17) is 9.47 Å². The predicted molar refractivity (Wildman–Crippen MR) is 156 cm³/mol. The Bertz CT molecular complexity index is 1510. The number of methoxy groups -OCH3 is 1. The molecular formula is C29H35N9O3. The van der Waals surface area contributed by atoms with Crippen LogP contribution < -0.4 is 20.1 Å². The van der Waals surface area contributed by atoms with Crippen LogP contribution in [-0.4, -0.2) is 73.8 Å². The molecule has 41 heavy (non-hydrogen) atoms. The number of piperidine rings is 1. The van der Waals surface area contributed by atoms with E-state index in [0.717, 1.165) is 25.1 Å². The summed E-state index contributed by atoms with van der Waals surface area (Å²) in [6, 6.07) is 7.40. The summed E-state index contributed by atoms with van der Waals surface area (Å²) < 4.78 is 13.5. The Morgan fingerprint density at radius 3 is 2.56 bits per heavy atom. The Kier molecular flexibility index (Phi) is 8.39. The molecule has 12 nitrogen and oxygen atoms in total. The van der Waals surface area contributed by atoms with Gasteiger partial charge in [0.1, 0.15) is 24.1 Å². The van der Waals surface area contributed by atoms with Crippen molar-refractivity contribution in [3.63, 3.8) is 0 Å². The third-order valence-corrected chi connectivity index (χ3v) is 7.04. The molecule has 214 valence electrons. The molecule has 5 rings (SSSR count). The van der Waals surface area contributed by atoms with Gasteiger partial charge in [0.15, 0.2) is 17.4 Å². The van der Waals surface area contributed by atoms with Crippen LogP contribution >= 0.6 is 0 Å². The monoisotopic (exact) mass is 557 g/mol. The number of carbonyl (C=O) groups is 1. The zero-order valence-corrected chi connectivity index (χ0v) is 24.0. The normalized spacial score (nSPS) is 17.2. The van der Waals surface area contributed by atoms with Crippen LogP contribution in [0.5, 0.6) is 11.6 Å². The number of aromatic nitrogens is 6. The van der Waals surface area contributed by atoms with E-state index in [1.165, 1.54) is 0 Å². The first kappa shape index (κ1) is 28.0. The predicted octanol–water partition coefficient (Wildman–Crippen LogP) is 4.47. The number of nitrogens with one attached hydrogen (secondary N) is 2. The van der Waals surface area contributed by atoms with Crippen molar-refractivity contribution in [3.8, 4) is 23.0 Å². The highest BCUT2D eigenvalue weighted by atomic mass is 16.5. The fourth-order valence-electron chi connectivity index (χ4n) is 4.91. The number of ether oxygens (including phenoxy) is 2. The Balaban J connectivity index is 1.37. The molecule has 2 atom stereocenters. The molecule has 0 bridgehead atoms. The van der Waals surface area contributed by atoms with Crippen LogP contribution in [-0.2, 0) is 7.05 Å². The molecule has 3 aromatic heterocycles. The lowest BCUT2D eigenvalue weighted by molar-refractivity contribution is 0.0602. The van der Waals surface area contributed by atoms with Gasteiger partial charge >= 0.3 is 0 Å². The van der Waals surface area contributed by atoms with Crippen molar-refractivity contribution in [3.05, 3.63) is 54.7 Å². The van der Waals surface area contributed by atoms with Gasteiger partial charge in [0.25, 0.3) is 0 Å². The molecule has 4 heterocycles. The number of likely N-dealkylation sites (tertiary alicyclic amines) is 1. The van der Waals surface area contributed by atoms with E-state index >= 15 is 0 Å². The smallest absolute Gasteiger partial charge is 0.232 e. The van der Waals surface area contributed by atoms with Crippen LogP contribution in [0.2, 0.25) is 0 Å². The van der Waals surface area contributed by atoms with E-state index < -0.39 is 0 Å². The van der Waals surface area contributed by atoms with Crippen molar-refractivity contribution >= 4 is 28.8 Å². The molecule has 1 aromatic carbocycles. The third kappa shape index (κ3) is 6.43. The molecule has 12 heteroatoms. The van der Waals surface area contributed by atoms with E-state index in [-0.39, 0.29) is 11.9 Å². The van der Waals surface area contributed by atoms with Gasteiger partial charge < -0.3 is 25.0 Å². The molecule has 4 aromatic rings. The molecule has 0 radical (unpaired) electrons. The highest BCUT2D eigenvalue weighted by Crippen LogP contribution is 2.37. The number of anilines is 4. The largest absolute Gasteiger partial charge is 0.494 e. The lowest BCUT2D eigenvalue weighted by Crippen LogP contribution is -2.42. The number of para-hydroxylation sites is 1. The van der Waals surface area contributed by atoms with Crippen LogP contribution in [0, 0.1) is 5.92 Å². The number of Topliss-reactive ketones (excluding diaryl/α,β-unsaturated/α-hetero) is 1. The summed E-state index contributed by atoms with van der Waals surface area (Å²) >= 11 is 0. The van der Waals surface area contributed by atoms with Gasteiger partial charge in [0, 0.05) is 44.7 Å². The molecule has 0 amide bonds. The average Bonchev–Trinajstić information content (AvgIpc) is 3.41. The van der Waals surface area contributed by atoms with Gasteiger partial charge in [-0.3, -0.25) is 9.48 Å². The van der Waals surface area contributed by atoms with Crippen molar-refractivity contribution in [1.29, 1.82) is 0 Å². The summed E-state index contributed by atoms with van der Waals surface area (Å²) in [4.78, 5) is 32.8. The van der Waals surface area contributed by atoms with Crippen molar-refractivity contribution in [2.24, 2.45) is 13.0 Å². The van der Waals surface area contributed by atoms with Crippen LogP contribution in [0.4, 0.5) is 23.0 Å². The number of hydrogen-bond acceptors (Lipinski definition) is 11. The van der Waals surface area contributed by atoms with Crippen molar-refractivity contribution in [2.75, 3.05) is 37.9 Å². The van der Waals surface area contributed by atoms with Gasteiger partial charge in [-0.25, -0.2) is 19.9 Å². The van der Waals surface area contributed by atoms with Gasteiger partial charge in [-0.1, -0.05) is 19.9 Å². The number of carbonyl (C=O) groups excluding carboxylic acids is 1. The zero-order chi connectivity index (χ0) is 28.9. The second kappa shape index (κ2) is 12.3. The Morgan fingerprint density at radius 2 is 1.88 bits per heavy atom. The van der Waals surface area contributed by atoms with E-state index in [2.05, 4.69) is 54.5 Å². The van der Waals surface area contributed by atoms with Crippen LogP contribution in [0.15, 0.2) is 49.2 Å². The van der Waals surface area contributed by atoms with Crippen molar-refractivity contribution in [2.45, 2.75) is 32.8 Å². The lowest BCUT2D eigenvalue weighted by Gasteiger charge is -2.34. The number of nitrogens with zero attached hydrogens (tertiary/aromatic N) is 7. The summed E-state index contributed by atoms with van der Waals surface area (Å²) in [5, 5.41) is 10.9. The Labute approximate surface area is 239 Å². The first-order valence-electron chi connectivity index (χ1n) is 13.6. The minimum Gasteiger partial charge on any atom is -0.494 e. The van der Waals surface area contributed by atoms with E-state index in [0.29, 0.717) is 58.4 Å². The van der Waals surface area contributed by atoms with Crippen LogP contribution in [0.1, 0.15) is 37.0 Å². The quantitative estimate of drug-likeness (QED) is 0.268. The second-order valence-corrected chi connectivity index (χ2v) is 10.2. The van der Waals surface area contributed by atoms with Crippen molar-refractivity contribution < 1.29 is 14.3 Å². The summed E-state index contributed by atoms with van der Waals surface area (Å²) in [6.07, 6.45) is 7.81. The minimum absolute atomic E-state index is 0.0440. The first-order valence-corrected chi connectivity index (χ1v) is 13.6. The number of hydrogen-bond donors (Lipinski definition) is 2. The van der Waals surface area contributed by atoms with Crippen molar-refractivity contribution in [1.82, 2.24) is 34.6 Å². The number of rotatable bonds is 10. The van der Waals surface area contributed by atoms with Gasteiger partial charge in [-0.15, -0.1) is 0 Å². The summed E-state index contributed by atoms with van der Waals surface area (Å²) in [5.41, 5.74) is 2.41. The second-order valence-electron chi connectivity index (χ2n) is 10.2. The fraction of sp³-hybridized carbons (Fsp3) is 0.379. The summed E-state index contributed by atoms with van der Waals surface area (Å²) in [7, 11) is 5.52. The molecule has 0 unspecified atom stereocenters. The SMILES string of the molecule is CCC(=O)c1cnc(Nc2cnc(O[C@@H]3CCN(C)C[C@@H]3C)cn2)cc1Nc1cccc(-c2ncn(C)n2)c1OC. The van der Waals surface area contributed by atoms with E-state index in [9.17, 15) is 4.79 Å². The molecule has 1 fully saturated rings. The molecule has 0 aliphatic carbocycles. The van der Waals surface area contributed by atoms with Gasteiger partial charge in [0.05, 0.1) is 42.0 Å². The highest BCUT2D eigenvalue weighted by molar-refractivity contribution is 6.02. The van der Waals surface area contributed by atoms with Gasteiger partial charge in [0.2, 0.25) is 5.88 Å². The summed E-state index contributed by atoms with van der Waals surface area (Å²) in [6.45, 7) is 6.00. The number of benzene rings is 1. The maximum absolute atomic E-state index is 12.8. The fourth-order valence-corrected chi connectivity index (χ4v) is 4.91. The molecule has 0 spiro atoms. The summed E-state index contributed by atoms with van der Waals surface area (Å²) in [5.74, 6) is 2.94. The van der Waals surface area contributed by atoms with Gasteiger partial charge in [-0.2, -0.15) is 5.10 Å². The highest BCUT2D eigenvalue weighted by Gasteiger charge is 2.26. The van der Waals surface area contributed by atoms with Gasteiger partial charge in [-0.05, 0) is 25.6 Å². The van der Waals surface area contributed by atoms with Crippen LogP contribution in [0.3, 0.4) is 0 Å². The molecule has 1 saturated heterocycles. The average molecular weight is 558 g/mol. The zero-order valence-electron chi connectivity index (χ0n) is 24.0. The van der Waals surface area contributed by atoms with Crippen LogP contribution in [0.25, 0.3) is 11.4 Å². The lowest BCUT2D eigenvalue weighted by atomic mass is 9.97. The standard InChI is InChI=1S/C29H35N9O3/c1-6-23(39)20-13-30-25(35-26-14-32-27(15-31-26)41-24-10-11-37(3)16-18(24)2)12-22(20)34-21-9-7-8-19(28(21)40-5)29-33-17-38(4)36-29/h7-9,12-15,17-18,24H,6,10-11,16H2,1-5H3,(H2,30,31,34,35)/t18-,24+/m0/s1. The van der Waals surface area contributed by atoms with E-state index in [1.807, 2.05) is 25.1 Å². The number of pyridine rings is 1. The maximum atomic E-state index is 12.8. The Morgan fingerprint density at radius 1 is 1.05 bits per heavy atom. The molecule has 1 aliphatic rings. The number of ketones is 1. The Hall–Kier alpha value is -4.58. The molecule has 0 saturated carbocycles. The number of aryl methyl sites for hydroxylation is 1. The maximum Gasteiger partial charge on any atom is 0.232 e. The first-order chi connectivity index (χ1) is 19.8. The molecular weight excluding hydrogens is 522 g/mol. The van der Waals surface area contributed by atoms with E-state index in [1.54, 1.807) is 49.8 Å². The molecule has 2 N–H and O–H groups in total. The molecule has 1 aliphatic heterocycles. The minimum atomic E-state index is -0.0440. The third-order valence-electron chi connectivity index (χ3n) is 7.04. The topological polar surface area (TPSA) is 132 Å².